The standard InChI is InChI=1S/C13H18ClN5O4/c1-13(22)8(21)6(4-20)23-11(13)19-5-15-7-9(18(2)3)16-12(14)17-10(7)19/h5-6,8,11,20-22H,4H2,1-3H3/t6-,8-,11-,13-/m1/s1. The van der Waals surface area contributed by atoms with Crippen LogP contribution in [0.1, 0.15) is 13.2 Å². The first kappa shape index (κ1) is 16.3. The fraction of sp³-hybridized carbons (Fsp3) is 0.615. The molecular formula is C13H18ClN5O4. The van der Waals surface area contributed by atoms with Gasteiger partial charge in [0.1, 0.15) is 17.8 Å². The zero-order valence-corrected chi connectivity index (χ0v) is 13.6. The Morgan fingerprint density at radius 1 is 1.43 bits per heavy atom. The quantitative estimate of drug-likeness (QED) is 0.641. The van der Waals surface area contributed by atoms with Crippen molar-refractivity contribution in [2.45, 2.75) is 31.0 Å². The van der Waals surface area contributed by atoms with Gasteiger partial charge in [-0.2, -0.15) is 9.97 Å². The Kier molecular flexibility index (Phi) is 3.93. The van der Waals surface area contributed by atoms with E-state index in [0.717, 1.165) is 0 Å². The summed E-state index contributed by atoms with van der Waals surface area (Å²) in [6, 6.07) is 0. The summed E-state index contributed by atoms with van der Waals surface area (Å²) in [5, 5.41) is 30.0. The van der Waals surface area contributed by atoms with Crippen molar-refractivity contribution in [1.29, 1.82) is 0 Å². The van der Waals surface area contributed by atoms with E-state index in [0.29, 0.717) is 17.0 Å². The molecule has 126 valence electrons. The zero-order chi connectivity index (χ0) is 16.9. The average Bonchev–Trinajstić information content (AvgIpc) is 2.98. The van der Waals surface area contributed by atoms with Crippen LogP contribution >= 0.6 is 11.6 Å². The fourth-order valence-corrected chi connectivity index (χ4v) is 2.91. The van der Waals surface area contributed by atoms with Gasteiger partial charge in [0.05, 0.1) is 12.9 Å². The van der Waals surface area contributed by atoms with Crippen LogP contribution in [0, 0.1) is 0 Å². The molecule has 1 fully saturated rings. The van der Waals surface area contributed by atoms with Crippen LogP contribution in [0.2, 0.25) is 5.28 Å². The molecule has 0 saturated carbocycles. The second kappa shape index (κ2) is 5.53. The molecule has 23 heavy (non-hydrogen) atoms. The van der Waals surface area contributed by atoms with Gasteiger partial charge in [-0.05, 0) is 18.5 Å². The molecule has 0 radical (unpaired) electrons. The van der Waals surface area contributed by atoms with E-state index < -0.39 is 30.6 Å². The minimum Gasteiger partial charge on any atom is -0.394 e. The molecule has 0 bridgehead atoms. The van der Waals surface area contributed by atoms with Gasteiger partial charge in [-0.15, -0.1) is 0 Å². The molecule has 0 spiro atoms. The second-order valence-electron chi connectivity index (χ2n) is 5.91. The lowest BCUT2D eigenvalue weighted by atomic mass is 9.96. The smallest absolute Gasteiger partial charge is 0.226 e. The molecule has 3 heterocycles. The number of fused-ring (bicyclic) bond motifs is 1. The molecule has 0 unspecified atom stereocenters. The molecule has 2 aromatic heterocycles. The monoisotopic (exact) mass is 343 g/mol. The number of rotatable bonds is 3. The van der Waals surface area contributed by atoms with E-state index in [2.05, 4.69) is 15.0 Å². The highest BCUT2D eigenvalue weighted by Gasteiger charge is 2.53. The Labute approximate surface area is 137 Å². The first-order valence-electron chi connectivity index (χ1n) is 7.01. The number of imidazole rings is 1. The molecule has 1 saturated heterocycles. The van der Waals surface area contributed by atoms with Gasteiger partial charge in [0, 0.05) is 14.1 Å². The minimum absolute atomic E-state index is 0.0276. The number of aliphatic hydroxyl groups is 3. The minimum atomic E-state index is -1.63. The lowest BCUT2D eigenvalue weighted by Crippen LogP contribution is -2.44. The van der Waals surface area contributed by atoms with Gasteiger partial charge in [-0.1, -0.05) is 0 Å². The van der Waals surface area contributed by atoms with E-state index in [1.54, 1.807) is 19.0 Å². The normalized spacial score (nSPS) is 31.0. The Balaban J connectivity index is 2.14. The van der Waals surface area contributed by atoms with E-state index in [4.69, 9.17) is 16.3 Å². The van der Waals surface area contributed by atoms with Crippen LogP contribution in [0.4, 0.5) is 5.82 Å². The molecule has 0 aliphatic carbocycles. The highest BCUT2D eigenvalue weighted by molar-refractivity contribution is 6.28. The number of hydrogen-bond acceptors (Lipinski definition) is 8. The first-order valence-corrected chi connectivity index (χ1v) is 7.39. The Morgan fingerprint density at radius 3 is 2.70 bits per heavy atom. The lowest BCUT2D eigenvalue weighted by Gasteiger charge is -2.27. The molecule has 3 N–H and O–H groups in total. The number of nitrogens with zero attached hydrogens (tertiary/aromatic N) is 5. The van der Waals surface area contributed by atoms with Crippen molar-refractivity contribution in [2.75, 3.05) is 25.6 Å². The van der Waals surface area contributed by atoms with E-state index in [9.17, 15) is 15.3 Å². The summed E-state index contributed by atoms with van der Waals surface area (Å²) in [6.45, 7) is 1.01. The van der Waals surface area contributed by atoms with E-state index in [1.165, 1.54) is 17.8 Å². The van der Waals surface area contributed by atoms with Crippen LogP contribution in [0.25, 0.3) is 11.2 Å². The fourth-order valence-electron chi connectivity index (χ4n) is 2.75. The van der Waals surface area contributed by atoms with Crippen LogP contribution in [0.5, 0.6) is 0 Å². The van der Waals surface area contributed by atoms with Gasteiger partial charge in [-0.25, -0.2) is 4.98 Å². The molecule has 4 atom stereocenters. The lowest BCUT2D eigenvalue weighted by molar-refractivity contribution is -0.0950. The van der Waals surface area contributed by atoms with E-state index in [-0.39, 0.29) is 5.28 Å². The Hall–Kier alpha value is -1.52. The highest BCUT2D eigenvalue weighted by Crippen LogP contribution is 2.39. The molecule has 10 heteroatoms. The van der Waals surface area contributed by atoms with Gasteiger partial charge < -0.3 is 25.0 Å². The number of aromatic nitrogens is 4. The van der Waals surface area contributed by atoms with Crippen LogP contribution in [0.15, 0.2) is 6.33 Å². The van der Waals surface area contributed by atoms with Crippen molar-refractivity contribution >= 4 is 28.6 Å². The van der Waals surface area contributed by atoms with Gasteiger partial charge in [-0.3, -0.25) is 4.57 Å². The molecule has 1 aliphatic rings. The molecule has 0 amide bonds. The molecule has 1 aliphatic heterocycles. The third-order valence-corrected chi connectivity index (χ3v) is 4.16. The molecule has 0 aromatic carbocycles. The maximum absolute atomic E-state index is 10.6. The zero-order valence-electron chi connectivity index (χ0n) is 12.9. The summed E-state index contributed by atoms with van der Waals surface area (Å²) in [4.78, 5) is 14.3. The topological polar surface area (TPSA) is 117 Å². The number of ether oxygens (including phenoxy) is 1. The number of aliphatic hydroxyl groups excluding tert-OH is 2. The highest BCUT2D eigenvalue weighted by atomic mass is 35.5. The van der Waals surface area contributed by atoms with E-state index in [1.807, 2.05) is 0 Å². The molecular weight excluding hydrogens is 326 g/mol. The molecule has 2 aromatic rings. The third-order valence-electron chi connectivity index (χ3n) is 3.99. The van der Waals surface area contributed by atoms with Crippen LogP contribution in [-0.2, 0) is 4.74 Å². The summed E-state index contributed by atoms with van der Waals surface area (Å²) in [7, 11) is 3.59. The number of anilines is 1. The predicted octanol–water partition coefficient (Wildman–Crippen LogP) is -0.453. The predicted molar refractivity (Wildman–Crippen MR) is 82.3 cm³/mol. The first-order chi connectivity index (χ1) is 10.8. The summed E-state index contributed by atoms with van der Waals surface area (Å²) in [6.07, 6.45) is -1.69. The Morgan fingerprint density at radius 2 is 2.13 bits per heavy atom. The average molecular weight is 344 g/mol. The van der Waals surface area contributed by atoms with E-state index >= 15 is 0 Å². The van der Waals surface area contributed by atoms with Crippen molar-refractivity contribution in [1.82, 2.24) is 19.5 Å². The van der Waals surface area contributed by atoms with Gasteiger partial charge in [0.15, 0.2) is 23.2 Å². The second-order valence-corrected chi connectivity index (χ2v) is 6.25. The summed E-state index contributed by atoms with van der Waals surface area (Å²) in [5.74, 6) is 0.524. The third kappa shape index (κ3) is 2.45. The maximum Gasteiger partial charge on any atom is 0.226 e. The van der Waals surface area contributed by atoms with Crippen molar-refractivity contribution in [3.05, 3.63) is 11.6 Å². The number of halogens is 1. The Bertz CT molecular complexity index is 734. The van der Waals surface area contributed by atoms with Crippen LogP contribution < -0.4 is 4.90 Å². The molecule has 9 nitrogen and oxygen atoms in total. The largest absolute Gasteiger partial charge is 0.394 e. The maximum atomic E-state index is 10.6. The van der Waals surface area contributed by atoms with Crippen LogP contribution in [-0.4, -0.2) is 73.3 Å². The summed E-state index contributed by atoms with van der Waals surface area (Å²) >= 11 is 5.98. The molecule has 3 rings (SSSR count). The SMILES string of the molecule is CN(C)c1nc(Cl)nc2c1ncn2[C@@H]1O[C@H](CO)[C@@H](O)[C@@]1(C)O. The van der Waals surface area contributed by atoms with Crippen LogP contribution in [0.3, 0.4) is 0 Å². The summed E-state index contributed by atoms with van der Waals surface area (Å²) < 4.78 is 7.07. The number of hydrogen-bond donors (Lipinski definition) is 3. The van der Waals surface area contributed by atoms with Crippen molar-refractivity contribution in [3.8, 4) is 0 Å². The van der Waals surface area contributed by atoms with Gasteiger partial charge in [0.25, 0.3) is 0 Å². The van der Waals surface area contributed by atoms with Gasteiger partial charge in [0.2, 0.25) is 5.28 Å². The van der Waals surface area contributed by atoms with Crippen molar-refractivity contribution < 1.29 is 20.1 Å². The van der Waals surface area contributed by atoms with Gasteiger partial charge >= 0.3 is 0 Å². The van der Waals surface area contributed by atoms with Crippen molar-refractivity contribution in [3.63, 3.8) is 0 Å². The van der Waals surface area contributed by atoms with Crippen molar-refractivity contribution in [2.24, 2.45) is 0 Å². The summed E-state index contributed by atoms with van der Waals surface area (Å²) in [5.41, 5.74) is -0.776.